The fourth-order valence-electron chi connectivity index (χ4n) is 3.74. The molecule has 26 heavy (non-hydrogen) atoms. The molecule has 1 aliphatic rings. The van der Waals surface area contributed by atoms with E-state index < -0.39 is 23.4 Å². The highest BCUT2D eigenvalue weighted by atomic mass is 16.5. The summed E-state index contributed by atoms with van der Waals surface area (Å²) in [5.74, 6) is -2.16. The summed E-state index contributed by atoms with van der Waals surface area (Å²) in [6, 6.07) is 4.63. The van der Waals surface area contributed by atoms with Gasteiger partial charge in [-0.1, -0.05) is 6.07 Å². The van der Waals surface area contributed by atoms with Crippen molar-refractivity contribution in [2.24, 2.45) is 5.92 Å². The SMILES string of the molecule is CCOc1cc([C@@H]2c3c([nH][nH]c3=O)C[C@](C)(O)[C@H]2C(=O)OC)ccc1O. The highest BCUT2D eigenvalue weighted by Gasteiger charge is 2.51. The van der Waals surface area contributed by atoms with Gasteiger partial charge in [-0.25, -0.2) is 0 Å². The van der Waals surface area contributed by atoms with Crippen molar-refractivity contribution in [1.29, 1.82) is 0 Å². The van der Waals surface area contributed by atoms with Crippen LogP contribution in [0.25, 0.3) is 0 Å². The van der Waals surface area contributed by atoms with Crippen molar-refractivity contribution in [2.45, 2.75) is 31.8 Å². The Labute approximate surface area is 149 Å². The van der Waals surface area contributed by atoms with Crippen LogP contribution in [0.1, 0.15) is 36.6 Å². The molecule has 0 saturated carbocycles. The summed E-state index contributed by atoms with van der Waals surface area (Å²) >= 11 is 0. The average molecular weight is 362 g/mol. The second-order valence-corrected chi connectivity index (χ2v) is 6.64. The number of H-pyrrole nitrogens is 2. The number of carbonyl (C=O) groups is 1. The zero-order valence-corrected chi connectivity index (χ0v) is 14.8. The summed E-state index contributed by atoms with van der Waals surface area (Å²) in [7, 11) is 1.24. The first-order valence-electron chi connectivity index (χ1n) is 8.35. The van der Waals surface area contributed by atoms with E-state index in [2.05, 4.69) is 10.2 Å². The molecule has 0 aliphatic heterocycles. The maximum Gasteiger partial charge on any atom is 0.312 e. The van der Waals surface area contributed by atoms with Gasteiger partial charge in [0, 0.05) is 23.6 Å². The van der Waals surface area contributed by atoms with Gasteiger partial charge in [0.05, 0.1) is 25.2 Å². The highest BCUT2D eigenvalue weighted by molar-refractivity contribution is 5.77. The van der Waals surface area contributed by atoms with Crippen LogP contribution in [-0.4, -0.2) is 45.7 Å². The average Bonchev–Trinajstić information content (AvgIpc) is 2.94. The molecule has 0 amide bonds. The summed E-state index contributed by atoms with van der Waals surface area (Å²) < 4.78 is 10.3. The minimum atomic E-state index is -1.43. The van der Waals surface area contributed by atoms with Gasteiger partial charge in [-0.05, 0) is 31.5 Å². The summed E-state index contributed by atoms with van der Waals surface area (Å²) in [5.41, 5.74) is -0.316. The minimum Gasteiger partial charge on any atom is -0.504 e. The molecule has 1 heterocycles. The zero-order valence-electron chi connectivity index (χ0n) is 14.8. The smallest absolute Gasteiger partial charge is 0.312 e. The molecule has 8 heteroatoms. The van der Waals surface area contributed by atoms with Crippen molar-refractivity contribution >= 4 is 5.97 Å². The van der Waals surface area contributed by atoms with Crippen LogP contribution in [0.4, 0.5) is 0 Å². The number of fused-ring (bicyclic) bond motifs is 1. The van der Waals surface area contributed by atoms with Crippen molar-refractivity contribution in [3.05, 3.63) is 45.4 Å². The third-order valence-corrected chi connectivity index (χ3v) is 4.84. The molecule has 0 saturated heterocycles. The molecule has 0 unspecified atom stereocenters. The Hall–Kier alpha value is -2.74. The van der Waals surface area contributed by atoms with Gasteiger partial charge in [0.15, 0.2) is 11.5 Å². The number of methoxy groups -OCH3 is 1. The lowest BCUT2D eigenvalue weighted by molar-refractivity contribution is -0.156. The van der Waals surface area contributed by atoms with Gasteiger partial charge in [-0.15, -0.1) is 0 Å². The van der Waals surface area contributed by atoms with E-state index in [0.717, 1.165) is 0 Å². The van der Waals surface area contributed by atoms with Crippen LogP contribution in [0.3, 0.4) is 0 Å². The van der Waals surface area contributed by atoms with Crippen LogP contribution < -0.4 is 10.3 Å². The Morgan fingerprint density at radius 1 is 1.38 bits per heavy atom. The van der Waals surface area contributed by atoms with Crippen LogP contribution >= 0.6 is 0 Å². The molecule has 8 nitrogen and oxygen atoms in total. The lowest BCUT2D eigenvalue weighted by Crippen LogP contribution is -2.49. The number of esters is 1. The number of aromatic nitrogens is 2. The maximum atomic E-state index is 12.5. The minimum absolute atomic E-state index is 0.0454. The summed E-state index contributed by atoms with van der Waals surface area (Å²) in [6.07, 6.45) is 0.105. The van der Waals surface area contributed by atoms with Crippen LogP contribution in [-0.2, 0) is 16.0 Å². The quantitative estimate of drug-likeness (QED) is 0.602. The number of aliphatic hydroxyl groups is 1. The fourth-order valence-corrected chi connectivity index (χ4v) is 3.74. The Morgan fingerprint density at radius 2 is 2.12 bits per heavy atom. The third kappa shape index (κ3) is 2.86. The van der Waals surface area contributed by atoms with Crippen molar-refractivity contribution in [3.8, 4) is 11.5 Å². The van der Waals surface area contributed by atoms with Crippen molar-refractivity contribution in [3.63, 3.8) is 0 Å². The zero-order chi connectivity index (χ0) is 19.1. The van der Waals surface area contributed by atoms with Gasteiger partial charge in [0.25, 0.3) is 5.56 Å². The molecule has 0 radical (unpaired) electrons. The van der Waals surface area contributed by atoms with E-state index in [-0.39, 0.29) is 23.5 Å². The van der Waals surface area contributed by atoms with E-state index >= 15 is 0 Å². The standard InChI is InChI=1S/C18H22N2O6/c1-4-26-12-7-9(5-6-11(12)21)13-14-10(19-20-16(14)22)8-18(2,24)15(13)17(23)25-3/h5-7,13,15,21,24H,4,8H2,1-3H3,(H2,19,20,22)/t13-,15-,18+/m1/s1. The number of aromatic amines is 2. The van der Waals surface area contributed by atoms with E-state index in [1.54, 1.807) is 26.0 Å². The maximum absolute atomic E-state index is 12.5. The third-order valence-electron chi connectivity index (χ3n) is 4.84. The molecule has 1 aliphatic carbocycles. The topological polar surface area (TPSA) is 125 Å². The number of phenolic OH excluding ortho intramolecular Hbond substituents is 1. The molecule has 3 rings (SSSR count). The monoisotopic (exact) mass is 362 g/mol. The van der Waals surface area contributed by atoms with Crippen molar-refractivity contribution in [1.82, 2.24) is 10.2 Å². The van der Waals surface area contributed by atoms with Gasteiger partial charge >= 0.3 is 5.97 Å². The molecule has 4 N–H and O–H groups in total. The predicted molar refractivity (Wildman–Crippen MR) is 92.4 cm³/mol. The molecule has 140 valence electrons. The van der Waals surface area contributed by atoms with Crippen LogP contribution in [0.15, 0.2) is 23.0 Å². The molecular weight excluding hydrogens is 340 g/mol. The first-order valence-corrected chi connectivity index (χ1v) is 8.35. The normalized spacial score (nSPS) is 24.8. The molecule has 2 aromatic rings. The Morgan fingerprint density at radius 3 is 2.77 bits per heavy atom. The van der Waals surface area contributed by atoms with E-state index in [0.29, 0.717) is 23.4 Å². The van der Waals surface area contributed by atoms with E-state index in [1.807, 2.05) is 0 Å². The molecule has 1 aromatic heterocycles. The number of nitrogens with one attached hydrogen (secondary N) is 2. The number of hydrogen-bond acceptors (Lipinski definition) is 6. The number of hydrogen-bond donors (Lipinski definition) is 4. The summed E-state index contributed by atoms with van der Waals surface area (Å²) in [5, 5.41) is 26.2. The Balaban J connectivity index is 2.23. The van der Waals surface area contributed by atoms with Gasteiger partial charge in [0.1, 0.15) is 0 Å². The molecular formula is C18H22N2O6. The summed E-state index contributed by atoms with van der Waals surface area (Å²) in [4.78, 5) is 24.9. The van der Waals surface area contributed by atoms with Gasteiger partial charge < -0.3 is 24.8 Å². The van der Waals surface area contributed by atoms with E-state index in [1.165, 1.54) is 13.2 Å². The number of rotatable bonds is 4. The van der Waals surface area contributed by atoms with Crippen molar-refractivity contribution < 1.29 is 24.5 Å². The second kappa shape index (κ2) is 6.53. The number of benzene rings is 1. The van der Waals surface area contributed by atoms with Gasteiger partial charge in [0.2, 0.25) is 0 Å². The van der Waals surface area contributed by atoms with Crippen LogP contribution in [0.2, 0.25) is 0 Å². The summed E-state index contributed by atoms with van der Waals surface area (Å²) in [6.45, 7) is 3.67. The van der Waals surface area contributed by atoms with Gasteiger partial charge in [-0.2, -0.15) is 0 Å². The molecule has 1 aromatic carbocycles. The molecule has 0 spiro atoms. The molecule has 3 atom stereocenters. The van der Waals surface area contributed by atoms with E-state index in [4.69, 9.17) is 9.47 Å². The Kier molecular flexibility index (Phi) is 4.53. The lowest BCUT2D eigenvalue weighted by Gasteiger charge is -2.40. The Bertz CT molecular complexity index is 882. The first kappa shape index (κ1) is 18.1. The number of aromatic hydroxyl groups is 1. The lowest BCUT2D eigenvalue weighted by atomic mass is 9.66. The highest BCUT2D eigenvalue weighted by Crippen LogP contribution is 2.45. The molecule has 0 bridgehead atoms. The fraction of sp³-hybridized carbons (Fsp3) is 0.444. The van der Waals surface area contributed by atoms with Crippen LogP contribution in [0.5, 0.6) is 11.5 Å². The number of ether oxygens (including phenoxy) is 2. The second-order valence-electron chi connectivity index (χ2n) is 6.64. The number of phenols is 1. The first-order chi connectivity index (χ1) is 12.3. The van der Waals surface area contributed by atoms with Crippen molar-refractivity contribution in [2.75, 3.05) is 13.7 Å². The van der Waals surface area contributed by atoms with E-state index in [9.17, 15) is 19.8 Å². The van der Waals surface area contributed by atoms with Crippen LogP contribution in [0, 0.1) is 5.92 Å². The largest absolute Gasteiger partial charge is 0.504 e. The van der Waals surface area contributed by atoms with Gasteiger partial charge in [-0.3, -0.25) is 14.7 Å². The molecule has 0 fully saturated rings. The predicted octanol–water partition coefficient (Wildman–Crippen LogP) is 1.04. The number of carbonyl (C=O) groups excluding carboxylic acids is 1.